The first-order valence-electron chi connectivity index (χ1n) is 2.29. The van der Waals surface area contributed by atoms with Gasteiger partial charge < -0.3 is 15.6 Å². The van der Waals surface area contributed by atoms with Crippen molar-refractivity contribution in [1.82, 2.24) is 0 Å². The summed E-state index contributed by atoms with van der Waals surface area (Å²) in [5, 5.41) is 8.73. The monoisotopic (exact) mass is 137 g/mol. The van der Waals surface area contributed by atoms with Crippen LogP contribution in [0.1, 0.15) is 0 Å². The van der Waals surface area contributed by atoms with Crippen LogP contribution in [0.5, 0.6) is 0 Å². The van der Waals surface area contributed by atoms with Gasteiger partial charge in [-0.1, -0.05) is 0 Å². The second-order valence-electron chi connectivity index (χ2n) is 1.47. The van der Waals surface area contributed by atoms with Gasteiger partial charge in [0.15, 0.2) is 6.29 Å². The Hall–Kier alpha value is 0.230. The summed E-state index contributed by atoms with van der Waals surface area (Å²) in [6.07, 6.45) is -0.882. The van der Waals surface area contributed by atoms with Crippen molar-refractivity contribution in [3.63, 3.8) is 0 Å². The molecule has 0 radical (unpaired) electrons. The van der Waals surface area contributed by atoms with E-state index >= 15 is 0 Å². The zero-order valence-electron chi connectivity index (χ0n) is 4.74. The van der Waals surface area contributed by atoms with Crippen LogP contribution in [-0.2, 0) is 4.74 Å². The molecular formula is C4H11NO2S. The molecular weight excluding hydrogens is 126 g/mol. The quantitative estimate of drug-likeness (QED) is 0.353. The summed E-state index contributed by atoms with van der Waals surface area (Å²) in [6.45, 7) is 0. The number of thiol groups is 1. The smallest absolute Gasteiger partial charge is 0.170 e. The molecule has 50 valence electrons. The lowest BCUT2D eigenvalue weighted by Gasteiger charge is -2.13. The van der Waals surface area contributed by atoms with Crippen LogP contribution in [-0.4, -0.2) is 30.3 Å². The van der Waals surface area contributed by atoms with E-state index in [1.54, 1.807) is 0 Å². The van der Waals surface area contributed by atoms with Crippen molar-refractivity contribution in [2.24, 2.45) is 5.73 Å². The molecule has 0 saturated carbocycles. The average Bonchev–Trinajstić information content (AvgIpc) is 1.84. The van der Waals surface area contributed by atoms with E-state index < -0.39 is 6.29 Å². The molecule has 0 rings (SSSR count). The maximum atomic E-state index is 8.73. The molecule has 4 heteroatoms. The summed E-state index contributed by atoms with van der Waals surface area (Å²) in [5.41, 5.74) is 5.28. The van der Waals surface area contributed by atoms with Crippen LogP contribution in [0.25, 0.3) is 0 Å². The lowest BCUT2D eigenvalue weighted by atomic mass is 10.3. The molecule has 0 aromatic heterocycles. The first kappa shape index (κ1) is 8.23. The zero-order valence-corrected chi connectivity index (χ0v) is 5.64. The molecule has 0 bridgehead atoms. The molecule has 0 heterocycles. The SMILES string of the molecule is COC(O)[C@@H](N)CS. The normalized spacial score (nSPS) is 18.0. The van der Waals surface area contributed by atoms with E-state index in [1.165, 1.54) is 7.11 Å². The van der Waals surface area contributed by atoms with Gasteiger partial charge in [0.25, 0.3) is 0 Å². The highest BCUT2D eigenvalue weighted by Crippen LogP contribution is 1.91. The standard InChI is InChI=1S/C4H11NO2S/c1-7-4(6)3(5)2-8/h3-4,6,8H,2,5H2,1H3/t3-,4?/m0/s1. The second kappa shape index (κ2) is 4.14. The number of methoxy groups -OCH3 is 1. The van der Waals surface area contributed by atoms with Gasteiger partial charge >= 0.3 is 0 Å². The van der Waals surface area contributed by atoms with Crippen molar-refractivity contribution in [1.29, 1.82) is 0 Å². The zero-order chi connectivity index (χ0) is 6.57. The van der Waals surface area contributed by atoms with Gasteiger partial charge in [-0.15, -0.1) is 0 Å². The highest BCUT2D eigenvalue weighted by Gasteiger charge is 2.09. The number of hydrogen-bond acceptors (Lipinski definition) is 4. The Morgan fingerprint density at radius 3 is 2.50 bits per heavy atom. The summed E-state index contributed by atoms with van der Waals surface area (Å²) in [4.78, 5) is 0. The minimum absolute atomic E-state index is 0.386. The van der Waals surface area contributed by atoms with E-state index in [9.17, 15) is 0 Å². The first-order valence-corrected chi connectivity index (χ1v) is 2.93. The largest absolute Gasteiger partial charge is 0.367 e. The molecule has 0 spiro atoms. The van der Waals surface area contributed by atoms with Gasteiger partial charge in [-0.25, -0.2) is 0 Å². The Kier molecular flexibility index (Phi) is 4.26. The Bertz CT molecular complexity index is 54.0. The van der Waals surface area contributed by atoms with Gasteiger partial charge in [0, 0.05) is 12.9 Å². The molecule has 0 aliphatic rings. The van der Waals surface area contributed by atoms with E-state index in [4.69, 9.17) is 10.8 Å². The third-order valence-corrected chi connectivity index (χ3v) is 1.24. The Morgan fingerprint density at radius 1 is 1.88 bits per heavy atom. The van der Waals surface area contributed by atoms with Crippen LogP contribution in [0.2, 0.25) is 0 Å². The maximum Gasteiger partial charge on any atom is 0.170 e. The lowest BCUT2D eigenvalue weighted by Crippen LogP contribution is -2.37. The fourth-order valence-electron chi connectivity index (χ4n) is 0.265. The fourth-order valence-corrected chi connectivity index (χ4v) is 0.445. The number of nitrogens with two attached hydrogens (primary N) is 1. The highest BCUT2D eigenvalue weighted by atomic mass is 32.1. The third kappa shape index (κ3) is 2.52. The molecule has 0 aromatic carbocycles. The minimum Gasteiger partial charge on any atom is -0.367 e. The molecule has 0 saturated heterocycles. The number of hydrogen-bond donors (Lipinski definition) is 3. The molecule has 0 fully saturated rings. The predicted octanol–water partition coefficient (Wildman–Crippen LogP) is -0.792. The van der Waals surface area contributed by atoms with E-state index in [1.807, 2.05) is 0 Å². The molecule has 8 heavy (non-hydrogen) atoms. The number of aliphatic hydroxyl groups is 1. The van der Waals surface area contributed by atoms with Gasteiger partial charge in [-0.05, 0) is 0 Å². The topological polar surface area (TPSA) is 55.5 Å². The molecule has 0 aliphatic heterocycles. The molecule has 0 aliphatic carbocycles. The van der Waals surface area contributed by atoms with Gasteiger partial charge in [-0.2, -0.15) is 12.6 Å². The van der Waals surface area contributed by atoms with Crippen LogP contribution in [0.3, 0.4) is 0 Å². The van der Waals surface area contributed by atoms with Crippen LogP contribution >= 0.6 is 12.6 Å². The van der Waals surface area contributed by atoms with Crippen LogP contribution in [0.15, 0.2) is 0 Å². The molecule has 0 aromatic rings. The molecule has 3 N–H and O–H groups in total. The second-order valence-corrected chi connectivity index (χ2v) is 1.84. The van der Waals surface area contributed by atoms with Gasteiger partial charge in [0.2, 0.25) is 0 Å². The van der Waals surface area contributed by atoms with Gasteiger partial charge in [0.05, 0.1) is 6.04 Å². The Morgan fingerprint density at radius 2 is 2.38 bits per heavy atom. The summed E-state index contributed by atoms with van der Waals surface area (Å²) < 4.78 is 4.48. The molecule has 2 atom stereocenters. The summed E-state index contributed by atoms with van der Waals surface area (Å²) in [6, 6.07) is -0.386. The minimum atomic E-state index is -0.882. The highest BCUT2D eigenvalue weighted by molar-refractivity contribution is 7.80. The Balaban J connectivity index is 3.29. The molecule has 1 unspecified atom stereocenters. The van der Waals surface area contributed by atoms with E-state index in [-0.39, 0.29) is 6.04 Å². The van der Waals surface area contributed by atoms with E-state index in [0.29, 0.717) is 5.75 Å². The Labute approximate surface area is 54.2 Å². The molecule has 3 nitrogen and oxygen atoms in total. The number of ether oxygens (including phenoxy) is 1. The van der Waals surface area contributed by atoms with E-state index in [2.05, 4.69) is 17.4 Å². The van der Waals surface area contributed by atoms with Crippen LogP contribution in [0, 0.1) is 0 Å². The fraction of sp³-hybridized carbons (Fsp3) is 1.00. The molecule has 0 amide bonds. The summed E-state index contributed by atoms with van der Waals surface area (Å²) in [5.74, 6) is 0.426. The van der Waals surface area contributed by atoms with Gasteiger partial charge in [0.1, 0.15) is 0 Å². The van der Waals surface area contributed by atoms with E-state index in [0.717, 1.165) is 0 Å². The van der Waals surface area contributed by atoms with Crippen LogP contribution in [0.4, 0.5) is 0 Å². The number of aliphatic hydroxyl groups excluding tert-OH is 1. The summed E-state index contributed by atoms with van der Waals surface area (Å²) >= 11 is 3.84. The maximum absolute atomic E-state index is 8.73. The van der Waals surface area contributed by atoms with Crippen molar-refractivity contribution in [3.8, 4) is 0 Å². The van der Waals surface area contributed by atoms with Crippen molar-refractivity contribution in [2.45, 2.75) is 12.3 Å². The van der Waals surface area contributed by atoms with Crippen molar-refractivity contribution in [3.05, 3.63) is 0 Å². The van der Waals surface area contributed by atoms with Crippen LogP contribution < -0.4 is 5.73 Å². The summed E-state index contributed by atoms with van der Waals surface area (Å²) in [7, 11) is 1.40. The lowest BCUT2D eigenvalue weighted by molar-refractivity contribution is -0.0846. The average molecular weight is 137 g/mol. The predicted molar refractivity (Wildman–Crippen MR) is 34.8 cm³/mol. The third-order valence-electron chi connectivity index (χ3n) is 0.819. The number of rotatable bonds is 3. The van der Waals surface area contributed by atoms with Gasteiger partial charge in [-0.3, -0.25) is 0 Å². The van der Waals surface area contributed by atoms with Crippen molar-refractivity contribution in [2.75, 3.05) is 12.9 Å². The van der Waals surface area contributed by atoms with Crippen molar-refractivity contribution < 1.29 is 9.84 Å². The first-order chi connectivity index (χ1) is 3.72. The van der Waals surface area contributed by atoms with Crippen molar-refractivity contribution >= 4 is 12.6 Å².